The quantitative estimate of drug-likeness (QED) is 0.915. The van der Waals surface area contributed by atoms with Crippen LogP contribution in [0, 0.1) is 5.82 Å². The number of carbonyl (C=O) groups is 1. The Bertz CT molecular complexity index is 704. The number of halogens is 1. The predicted octanol–water partition coefficient (Wildman–Crippen LogP) is 2.55. The lowest BCUT2D eigenvalue weighted by Gasteiger charge is -2.27. The van der Waals surface area contributed by atoms with Crippen LogP contribution in [-0.4, -0.2) is 31.3 Å². The largest absolute Gasteiger partial charge is 0.486 e. The number of ether oxygens (including phenoxy) is 3. The Balaban J connectivity index is 1.48. The molecule has 0 bridgehead atoms. The highest BCUT2D eigenvalue weighted by molar-refractivity contribution is 5.80. The fourth-order valence-electron chi connectivity index (χ4n) is 2.29. The van der Waals surface area contributed by atoms with E-state index in [1.54, 1.807) is 6.92 Å². The zero-order valence-electron chi connectivity index (χ0n) is 13.2. The van der Waals surface area contributed by atoms with Crippen LogP contribution in [-0.2, 0) is 4.79 Å². The number of hydrogen-bond donors (Lipinski definition) is 1. The van der Waals surface area contributed by atoms with Gasteiger partial charge >= 0.3 is 0 Å². The van der Waals surface area contributed by atoms with E-state index in [1.165, 1.54) is 24.3 Å². The number of carbonyl (C=O) groups excluding carboxylic acids is 1. The van der Waals surface area contributed by atoms with Crippen molar-refractivity contribution in [1.29, 1.82) is 0 Å². The van der Waals surface area contributed by atoms with Gasteiger partial charge in [-0.15, -0.1) is 0 Å². The van der Waals surface area contributed by atoms with Gasteiger partial charge < -0.3 is 19.5 Å². The Morgan fingerprint density at radius 3 is 2.71 bits per heavy atom. The minimum Gasteiger partial charge on any atom is -0.486 e. The average molecular weight is 331 g/mol. The number of nitrogens with one attached hydrogen (secondary N) is 1. The summed E-state index contributed by atoms with van der Waals surface area (Å²) >= 11 is 0. The van der Waals surface area contributed by atoms with Gasteiger partial charge in [-0.3, -0.25) is 4.79 Å². The van der Waals surface area contributed by atoms with E-state index in [-0.39, 0.29) is 17.8 Å². The molecule has 5 nitrogen and oxygen atoms in total. The molecule has 1 heterocycles. The molecule has 1 aliphatic rings. The lowest BCUT2D eigenvalue weighted by atomic mass is 10.2. The summed E-state index contributed by atoms with van der Waals surface area (Å²) in [5, 5.41) is 2.77. The van der Waals surface area contributed by atoms with E-state index in [0.717, 1.165) is 0 Å². The smallest absolute Gasteiger partial charge is 0.260 e. The first kappa shape index (κ1) is 16.1. The number of para-hydroxylation sites is 2. The molecule has 1 N–H and O–H groups in total. The van der Waals surface area contributed by atoms with E-state index in [1.807, 2.05) is 24.3 Å². The van der Waals surface area contributed by atoms with Crippen molar-refractivity contribution < 1.29 is 23.4 Å². The fourth-order valence-corrected chi connectivity index (χ4v) is 2.29. The van der Waals surface area contributed by atoms with E-state index >= 15 is 0 Å². The van der Waals surface area contributed by atoms with Crippen LogP contribution in [0.3, 0.4) is 0 Å². The summed E-state index contributed by atoms with van der Waals surface area (Å²) in [5.74, 6) is 1.17. The summed E-state index contributed by atoms with van der Waals surface area (Å²) in [6.45, 7) is 2.31. The van der Waals surface area contributed by atoms with Crippen molar-refractivity contribution in [2.24, 2.45) is 0 Å². The molecule has 0 saturated carbocycles. The van der Waals surface area contributed by atoms with E-state index in [9.17, 15) is 9.18 Å². The van der Waals surface area contributed by atoms with Crippen LogP contribution in [0.15, 0.2) is 48.5 Å². The summed E-state index contributed by atoms with van der Waals surface area (Å²) < 4.78 is 29.7. The highest BCUT2D eigenvalue weighted by Gasteiger charge is 2.22. The Labute approximate surface area is 139 Å². The van der Waals surface area contributed by atoms with Crippen molar-refractivity contribution in [2.75, 3.05) is 13.2 Å². The number of fused-ring (bicyclic) bond motifs is 1. The Morgan fingerprint density at radius 2 is 1.96 bits per heavy atom. The van der Waals surface area contributed by atoms with Crippen LogP contribution in [0.2, 0.25) is 0 Å². The maximum atomic E-state index is 12.9. The third-order valence-corrected chi connectivity index (χ3v) is 3.57. The molecule has 2 aromatic carbocycles. The molecule has 0 spiro atoms. The molecule has 0 radical (unpaired) electrons. The molecule has 2 aromatic rings. The number of benzene rings is 2. The molecule has 1 aliphatic heterocycles. The number of amides is 1. The summed E-state index contributed by atoms with van der Waals surface area (Å²) in [5.41, 5.74) is 0. The van der Waals surface area contributed by atoms with Crippen LogP contribution in [0.5, 0.6) is 17.2 Å². The van der Waals surface area contributed by atoms with Gasteiger partial charge in [-0.1, -0.05) is 12.1 Å². The van der Waals surface area contributed by atoms with Gasteiger partial charge in [0, 0.05) is 0 Å². The Hall–Kier alpha value is -2.76. The van der Waals surface area contributed by atoms with Crippen molar-refractivity contribution in [3.8, 4) is 17.2 Å². The molecular formula is C18H18FNO4. The van der Waals surface area contributed by atoms with Crippen LogP contribution in [0.4, 0.5) is 4.39 Å². The lowest BCUT2D eigenvalue weighted by Crippen LogP contribution is -2.44. The van der Waals surface area contributed by atoms with Gasteiger partial charge in [-0.05, 0) is 43.3 Å². The minimum absolute atomic E-state index is 0.262. The van der Waals surface area contributed by atoms with Crippen molar-refractivity contribution in [3.63, 3.8) is 0 Å². The first-order chi connectivity index (χ1) is 11.6. The molecule has 0 fully saturated rings. The molecule has 0 saturated heterocycles. The van der Waals surface area contributed by atoms with Gasteiger partial charge in [0.25, 0.3) is 5.91 Å². The Morgan fingerprint density at radius 1 is 1.25 bits per heavy atom. The van der Waals surface area contributed by atoms with Gasteiger partial charge in [-0.25, -0.2) is 4.39 Å². The number of rotatable bonds is 5. The molecule has 0 aliphatic carbocycles. The third kappa shape index (κ3) is 3.95. The molecule has 2 atom stereocenters. The molecular weight excluding hydrogens is 313 g/mol. The standard InChI is InChI=1S/C18H18FNO4/c1-12(23-14-8-6-13(19)7-9-14)18(21)20-10-15-11-22-16-4-2-3-5-17(16)24-15/h2-9,12,15H,10-11H2,1H3,(H,20,21). The molecule has 6 heteroatoms. The average Bonchev–Trinajstić information content (AvgIpc) is 2.61. The maximum Gasteiger partial charge on any atom is 0.260 e. The normalized spacial score (nSPS) is 17.0. The second-order valence-electron chi connectivity index (χ2n) is 5.46. The first-order valence-electron chi connectivity index (χ1n) is 7.70. The monoisotopic (exact) mass is 331 g/mol. The van der Waals surface area contributed by atoms with Crippen LogP contribution >= 0.6 is 0 Å². The first-order valence-corrected chi connectivity index (χ1v) is 7.70. The molecule has 1 amide bonds. The van der Waals surface area contributed by atoms with Crippen LogP contribution in [0.25, 0.3) is 0 Å². The summed E-state index contributed by atoms with van der Waals surface area (Å²) in [7, 11) is 0. The van der Waals surface area contributed by atoms with Gasteiger partial charge in [-0.2, -0.15) is 0 Å². The highest BCUT2D eigenvalue weighted by Crippen LogP contribution is 2.30. The molecule has 3 rings (SSSR count). The predicted molar refractivity (Wildman–Crippen MR) is 85.9 cm³/mol. The topological polar surface area (TPSA) is 56.8 Å². The fraction of sp³-hybridized carbons (Fsp3) is 0.278. The van der Waals surface area contributed by atoms with E-state index in [2.05, 4.69) is 5.32 Å². The minimum atomic E-state index is -0.702. The van der Waals surface area contributed by atoms with Crippen LogP contribution < -0.4 is 19.5 Å². The van der Waals surface area contributed by atoms with E-state index in [4.69, 9.17) is 14.2 Å². The third-order valence-electron chi connectivity index (χ3n) is 3.57. The van der Waals surface area contributed by atoms with E-state index in [0.29, 0.717) is 30.4 Å². The summed E-state index contributed by atoms with van der Waals surface area (Å²) in [6, 6.07) is 12.9. The summed E-state index contributed by atoms with van der Waals surface area (Å²) in [4.78, 5) is 12.1. The zero-order valence-corrected chi connectivity index (χ0v) is 13.2. The van der Waals surface area contributed by atoms with Gasteiger partial charge in [0.05, 0.1) is 6.54 Å². The lowest BCUT2D eigenvalue weighted by molar-refractivity contribution is -0.127. The molecule has 0 aromatic heterocycles. The number of hydrogen-bond acceptors (Lipinski definition) is 4. The van der Waals surface area contributed by atoms with Gasteiger partial charge in [0.2, 0.25) is 0 Å². The zero-order chi connectivity index (χ0) is 16.9. The Kier molecular flexibility index (Phi) is 4.84. The second-order valence-corrected chi connectivity index (χ2v) is 5.46. The van der Waals surface area contributed by atoms with Crippen molar-refractivity contribution in [1.82, 2.24) is 5.32 Å². The molecule has 24 heavy (non-hydrogen) atoms. The second kappa shape index (κ2) is 7.21. The SMILES string of the molecule is CC(Oc1ccc(F)cc1)C(=O)NCC1COc2ccccc2O1. The van der Waals surface area contributed by atoms with Crippen LogP contribution in [0.1, 0.15) is 6.92 Å². The van der Waals surface area contributed by atoms with Gasteiger partial charge in [0.15, 0.2) is 17.6 Å². The highest BCUT2D eigenvalue weighted by atomic mass is 19.1. The van der Waals surface area contributed by atoms with Crippen molar-refractivity contribution in [2.45, 2.75) is 19.1 Å². The van der Waals surface area contributed by atoms with Crippen molar-refractivity contribution >= 4 is 5.91 Å². The van der Waals surface area contributed by atoms with Gasteiger partial charge in [0.1, 0.15) is 24.3 Å². The molecule has 126 valence electrons. The maximum absolute atomic E-state index is 12.9. The van der Waals surface area contributed by atoms with Crippen molar-refractivity contribution in [3.05, 3.63) is 54.3 Å². The van der Waals surface area contributed by atoms with E-state index < -0.39 is 6.10 Å². The molecule has 2 unspecified atom stereocenters. The summed E-state index contributed by atoms with van der Waals surface area (Å²) in [6.07, 6.45) is -0.964.